The Kier molecular flexibility index (Phi) is 5.64. The van der Waals surface area contributed by atoms with E-state index in [1.165, 1.54) is 19.3 Å². The minimum atomic E-state index is 0.411. The van der Waals surface area contributed by atoms with E-state index >= 15 is 0 Å². The first kappa shape index (κ1) is 17.4. The number of aromatic nitrogens is 4. The zero-order valence-electron chi connectivity index (χ0n) is 15.0. The van der Waals surface area contributed by atoms with Gasteiger partial charge in [0.25, 0.3) is 0 Å². The van der Waals surface area contributed by atoms with Crippen molar-refractivity contribution in [2.24, 2.45) is 0 Å². The average Bonchev–Trinajstić information content (AvgIpc) is 3.04. The fourth-order valence-electron chi connectivity index (χ4n) is 3.41. The maximum atomic E-state index is 4.92. The van der Waals surface area contributed by atoms with Crippen LogP contribution in [0.5, 0.6) is 0 Å². The minimum Gasteiger partial charge on any atom is -0.354 e. The zero-order chi connectivity index (χ0) is 17.6. The summed E-state index contributed by atoms with van der Waals surface area (Å²) in [4.78, 5) is 9.25. The molecule has 0 amide bonds. The average molecular weight is 337 g/mol. The largest absolute Gasteiger partial charge is 0.354 e. The lowest BCUT2D eigenvalue weighted by atomic mass is 9.96. The number of nitrogens with one attached hydrogen (secondary N) is 1. The van der Waals surface area contributed by atoms with Crippen molar-refractivity contribution in [1.82, 2.24) is 19.7 Å². The maximum Gasteiger partial charge on any atom is 0.224 e. The van der Waals surface area contributed by atoms with E-state index in [4.69, 9.17) is 10.1 Å². The van der Waals surface area contributed by atoms with Crippen LogP contribution in [-0.2, 0) is 0 Å². The van der Waals surface area contributed by atoms with Gasteiger partial charge in [0.2, 0.25) is 5.95 Å². The molecule has 0 atom stereocenters. The van der Waals surface area contributed by atoms with E-state index in [-0.39, 0.29) is 0 Å². The van der Waals surface area contributed by atoms with Crippen molar-refractivity contribution < 1.29 is 0 Å². The van der Waals surface area contributed by atoms with Gasteiger partial charge in [0.15, 0.2) is 5.65 Å². The summed E-state index contributed by atoms with van der Waals surface area (Å²) in [5.41, 5.74) is 2.75. The van der Waals surface area contributed by atoms with E-state index in [1.807, 2.05) is 18.3 Å². The number of fused-ring (bicyclic) bond motifs is 1. The van der Waals surface area contributed by atoms with Gasteiger partial charge in [0.1, 0.15) is 5.69 Å². The molecule has 0 aromatic carbocycles. The van der Waals surface area contributed by atoms with Crippen LogP contribution in [0.4, 0.5) is 5.95 Å². The molecule has 2 aromatic rings. The second kappa shape index (κ2) is 8.10. The number of hydrogen-bond donors (Lipinski definition) is 1. The van der Waals surface area contributed by atoms with Crippen molar-refractivity contribution in [2.75, 3.05) is 11.9 Å². The summed E-state index contributed by atoms with van der Waals surface area (Å²) in [7, 11) is 0. The first-order valence-corrected chi connectivity index (χ1v) is 9.23. The van der Waals surface area contributed by atoms with Crippen molar-refractivity contribution in [3.05, 3.63) is 43.3 Å². The summed E-state index contributed by atoms with van der Waals surface area (Å²) >= 11 is 0. The molecule has 2 aromatic heterocycles. The van der Waals surface area contributed by atoms with Gasteiger partial charge in [-0.25, -0.2) is 9.67 Å². The highest BCUT2D eigenvalue weighted by Crippen LogP contribution is 2.33. The summed E-state index contributed by atoms with van der Waals surface area (Å²) in [5.74, 6) is 0.672. The summed E-state index contributed by atoms with van der Waals surface area (Å²) in [6.07, 6.45) is 14.6. The second-order valence-corrected chi connectivity index (χ2v) is 6.50. The normalized spacial score (nSPS) is 16.1. The monoisotopic (exact) mass is 337 g/mol. The predicted octanol–water partition coefficient (Wildman–Crippen LogP) is 4.91. The lowest BCUT2D eigenvalue weighted by Crippen LogP contribution is -2.15. The van der Waals surface area contributed by atoms with Crippen LogP contribution in [0.2, 0.25) is 0 Å². The number of hydrogen-bond acceptors (Lipinski definition) is 4. The molecule has 25 heavy (non-hydrogen) atoms. The molecule has 1 saturated carbocycles. The summed E-state index contributed by atoms with van der Waals surface area (Å²) in [5, 5.41) is 9.18. The Morgan fingerprint density at radius 1 is 1.32 bits per heavy atom. The van der Waals surface area contributed by atoms with E-state index in [2.05, 4.69) is 35.1 Å². The molecule has 2 heterocycles. The summed E-state index contributed by atoms with van der Waals surface area (Å²) in [6, 6.07) is 0.411. The smallest absolute Gasteiger partial charge is 0.224 e. The highest BCUT2D eigenvalue weighted by Gasteiger charge is 2.22. The van der Waals surface area contributed by atoms with Crippen LogP contribution in [-0.4, -0.2) is 26.3 Å². The van der Waals surface area contributed by atoms with Crippen molar-refractivity contribution in [2.45, 2.75) is 51.5 Å². The van der Waals surface area contributed by atoms with Gasteiger partial charge in [-0.15, -0.1) is 0 Å². The molecule has 0 unspecified atom stereocenters. The molecule has 0 saturated heterocycles. The van der Waals surface area contributed by atoms with Crippen LogP contribution in [0, 0.1) is 0 Å². The lowest BCUT2D eigenvalue weighted by molar-refractivity contribution is 0.335. The summed E-state index contributed by atoms with van der Waals surface area (Å²) in [6.45, 7) is 10.7. The molecule has 1 aliphatic carbocycles. The van der Waals surface area contributed by atoms with Gasteiger partial charge in [-0.3, -0.25) is 0 Å². The van der Waals surface area contributed by atoms with E-state index in [1.54, 1.807) is 6.08 Å². The Labute approximate surface area is 149 Å². The number of anilines is 1. The Morgan fingerprint density at radius 2 is 2.12 bits per heavy atom. The van der Waals surface area contributed by atoms with Gasteiger partial charge >= 0.3 is 0 Å². The van der Waals surface area contributed by atoms with E-state index < -0.39 is 0 Å². The maximum absolute atomic E-state index is 4.92. The quantitative estimate of drug-likeness (QED) is 0.729. The molecule has 1 N–H and O–H groups in total. The number of allylic oxidation sites excluding steroid dienone is 4. The fourth-order valence-corrected chi connectivity index (χ4v) is 3.41. The van der Waals surface area contributed by atoms with Crippen LogP contribution in [0.1, 0.15) is 57.2 Å². The lowest BCUT2D eigenvalue weighted by Gasteiger charge is -2.22. The highest BCUT2D eigenvalue weighted by atomic mass is 15.3. The third-order valence-corrected chi connectivity index (χ3v) is 4.69. The van der Waals surface area contributed by atoms with Gasteiger partial charge in [-0.2, -0.15) is 10.1 Å². The SMILES string of the molecule is C=CC=C(C=C)c1nn(C2CCCCC2)c2nc(NCCC)ncc12. The number of nitrogens with zero attached hydrogens (tertiary/aromatic N) is 4. The zero-order valence-corrected chi connectivity index (χ0v) is 15.0. The van der Waals surface area contributed by atoms with Crippen molar-refractivity contribution in [3.8, 4) is 0 Å². The summed E-state index contributed by atoms with van der Waals surface area (Å²) < 4.78 is 2.11. The van der Waals surface area contributed by atoms with Crippen molar-refractivity contribution in [3.63, 3.8) is 0 Å². The van der Waals surface area contributed by atoms with Crippen molar-refractivity contribution in [1.29, 1.82) is 0 Å². The van der Waals surface area contributed by atoms with Gasteiger partial charge in [-0.1, -0.05) is 57.6 Å². The number of rotatable bonds is 7. The molecule has 5 heteroatoms. The second-order valence-electron chi connectivity index (χ2n) is 6.50. The van der Waals surface area contributed by atoms with Crippen LogP contribution < -0.4 is 5.32 Å². The van der Waals surface area contributed by atoms with E-state index in [0.717, 1.165) is 48.1 Å². The van der Waals surface area contributed by atoms with Crippen LogP contribution >= 0.6 is 0 Å². The third-order valence-electron chi connectivity index (χ3n) is 4.69. The molecule has 1 fully saturated rings. The van der Waals surface area contributed by atoms with Crippen LogP contribution in [0.15, 0.2) is 37.6 Å². The molecule has 132 valence electrons. The molecule has 0 aliphatic heterocycles. The molecule has 0 radical (unpaired) electrons. The van der Waals surface area contributed by atoms with Crippen LogP contribution in [0.3, 0.4) is 0 Å². The first-order chi connectivity index (χ1) is 12.3. The standard InChI is InChI=1S/C20H27N5/c1-4-10-15(6-3)18-17-14-22-20(21-13-5-2)23-19(17)25(24-18)16-11-8-7-9-12-16/h4,6,10,14,16H,1,3,5,7-9,11-13H2,2H3,(H,21,22,23). The Morgan fingerprint density at radius 3 is 2.80 bits per heavy atom. The highest BCUT2D eigenvalue weighted by molar-refractivity contribution is 5.91. The molecule has 1 aliphatic rings. The molecule has 0 bridgehead atoms. The third kappa shape index (κ3) is 3.65. The topological polar surface area (TPSA) is 55.6 Å². The molecule has 0 spiro atoms. The minimum absolute atomic E-state index is 0.411. The van der Waals surface area contributed by atoms with Crippen molar-refractivity contribution >= 4 is 22.6 Å². The van der Waals surface area contributed by atoms with Crippen LogP contribution in [0.25, 0.3) is 16.6 Å². The predicted molar refractivity (Wildman–Crippen MR) is 105 cm³/mol. The van der Waals surface area contributed by atoms with Gasteiger partial charge in [0, 0.05) is 18.3 Å². The first-order valence-electron chi connectivity index (χ1n) is 9.23. The Bertz CT molecular complexity index is 781. The molecular weight excluding hydrogens is 310 g/mol. The van der Waals surface area contributed by atoms with Gasteiger partial charge < -0.3 is 5.32 Å². The van der Waals surface area contributed by atoms with E-state index in [0.29, 0.717) is 12.0 Å². The van der Waals surface area contributed by atoms with Gasteiger partial charge in [-0.05, 0) is 19.3 Å². The van der Waals surface area contributed by atoms with Gasteiger partial charge in [0.05, 0.1) is 11.4 Å². The Balaban J connectivity index is 2.12. The molecule has 5 nitrogen and oxygen atoms in total. The van der Waals surface area contributed by atoms with E-state index in [9.17, 15) is 0 Å². The molecular formula is C20H27N5. The molecule has 3 rings (SSSR count). The Hall–Kier alpha value is -2.43. The fraction of sp³-hybridized carbons (Fsp3) is 0.450.